The fraction of sp³-hybridized carbons (Fsp3) is 0.600. The van der Waals surface area contributed by atoms with E-state index in [1.165, 1.54) is 11.8 Å². The van der Waals surface area contributed by atoms with Crippen molar-refractivity contribution in [2.75, 3.05) is 19.9 Å². The van der Waals surface area contributed by atoms with E-state index < -0.39 is 24.4 Å². The molecule has 3 N–H and O–H groups in total. The predicted octanol–water partition coefficient (Wildman–Crippen LogP) is 1.67. The molecule has 0 bridgehead atoms. The van der Waals surface area contributed by atoms with Gasteiger partial charge >= 0.3 is 0 Å². The zero-order chi connectivity index (χ0) is 17.5. The van der Waals surface area contributed by atoms with Crippen LogP contribution >= 0.6 is 11.8 Å². The number of ether oxygens (including phenoxy) is 3. The highest BCUT2D eigenvalue weighted by Gasteiger charge is 2.43. The highest BCUT2D eigenvalue weighted by molar-refractivity contribution is 7.99. The molecule has 0 aromatic heterocycles. The summed E-state index contributed by atoms with van der Waals surface area (Å²) >= 11 is 1.40. The Kier molecular flexibility index (Phi) is 7.16. The molecule has 8 nitrogen and oxygen atoms in total. The van der Waals surface area contributed by atoms with E-state index in [0.29, 0.717) is 0 Å². The number of nitrogens with two attached hydrogens (primary N) is 1. The lowest BCUT2D eigenvalue weighted by molar-refractivity contribution is -0.177. The summed E-state index contributed by atoms with van der Waals surface area (Å²) in [4.78, 5) is 2.75. The third-order valence-electron chi connectivity index (χ3n) is 3.88. The van der Waals surface area contributed by atoms with E-state index in [0.717, 1.165) is 11.3 Å². The molecule has 0 saturated carbocycles. The van der Waals surface area contributed by atoms with Crippen LogP contribution in [0.25, 0.3) is 10.4 Å². The smallest absolute Gasteiger partial charge is 0.121 e. The Balaban J connectivity index is 2.06. The number of thioether (sulfide) groups is 1. The van der Waals surface area contributed by atoms with Gasteiger partial charge < -0.3 is 25.1 Å². The summed E-state index contributed by atoms with van der Waals surface area (Å²) < 4.78 is 16.8. The van der Waals surface area contributed by atoms with Gasteiger partial charge in [0.1, 0.15) is 23.4 Å². The van der Waals surface area contributed by atoms with Crippen LogP contribution in [-0.2, 0) is 16.1 Å². The maximum absolute atomic E-state index is 10.5. The zero-order valence-corrected chi connectivity index (χ0v) is 14.4. The minimum Gasteiger partial charge on any atom is -0.497 e. The lowest BCUT2D eigenvalue weighted by atomic mass is 9.98. The number of aliphatic hydroxyl groups is 1. The van der Waals surface area contributed by atoms with E-state index in [1.807, 2.05) is 30.5 Å². The van der Waals surface area contributed by atoms with Gasteiger partial charge in [-0.05, 0) is 29.5 Å². The Hall–Kier alpha value is -1.48. The Morgan fingerprint density at radius 2 is 2.12 bits per heavy atom. The molecule has 1 aromatic rings. The first-order chi connectivity index (χ1) is 11.6. The molecular formula is C15H22N4O4S. The van der Waals surface area contributed by atoms with Gasteiger partial charge in [0.25, 0.3) is 0 Å². The van der Waals surface area contributed by atoms with Gasteiger partial charge in [0.2, 0.25) is 0 Å². The van der Waals surface area contributed by atoms with E-state index >= 15 is 0 Å². The molecule has 5 atom stereocenters. The molecule has 132 valence electrons. The molecule has 1 saturated heterocycles. The molecule has 9 heteroatoms. The monoisotopic (exact) mass is 354 g/mol. The molecule has 0 amide bonds. The molecule has 1 aromatic carbocycles. The van der Waals surface area contributed by atoms with E-state index in [-0.39, 0.29) is 18.6 Å². The van der Waals surface area contributed by atoms with Crippen molar-refractivity contribution >= 4 is 11.8 Å². The molecule has 1 fully saturated rings. The summed E-state index contributed by atoms with van der Waals surface area (Å²) in [7, 11) is 1.60. The van der Waals surface area contributed by atoms with Gasteiger partial charge in [0.15, 0.2) is 0 Å². The van der Waals surface area contributed by atoms with Crippen molar-refractivity contribution in [1.29, 1.82) is 0 Å². The molecule has 1 heterocycles. The molecular weight excluding hydrogens is 332 g/mol. The number of hydrogen-bond acceptors (Lipinski definition) is 7. The van der Waals surface area contributed by atoms with E-state index in [1.54, 1.807) is 7.11 Å². The van der Waals surface area contributed by atoms with Crippen LogP contribution in [0, 0.1) is 0 Å². The van der Waals surface area contributed by atoms with E-state index in [4.69, 9.17) is 25.5 Å². The van der Waals surface area contributed by atoms with Crippen molar-refractivity contribution in [3.05, 3.63) is 40.3 Å². The second-order valence-corrected chi connectivity index (χ2v) is 6.32. The maximum atomic E-state index is 10.5. The number of hydrogen-bond donors (Lipinski definition) is 2. The number of nitrogens with zero attached hydrogens (tertiary/aromatic N) is 3. The lowest BCUT2D eigenvalue weighted by Gasteiger charge is -2.42. The zero-order valence-electron chi connectivity index (χ0n) is 13.6. The van der Waals surface area contributed by atoms with Gasteiger partial charge in [-0.1, -0.05) is 17.2 Å². The Bertz CT molecular complexity index is 567. The number of methoxy groups -OCH3 is 1. The third kappa shape index (κ3) is 4.54. The standard InChI is InChI=1S/C15H22N4O4S/c1-21-10-5-3-9(4-6-10)8-22-14-11(7-18-19-17)23-15(24-2)12(16)13(14)20/h3-6,11-15,20H,7-8,16H2,1-2H3/t11?,12?,13-,14-,15+/m1/s1. The molecule has 0 spiro atoms. The molecule has 1 aliphatic rings. The van der Waals surface area contributed by atoms with Crippen molar-refractivity contribution in [3.8, 4) is 5.75 Å². The third-order valence-corrected chi connectivity index (χ3v) is 4.77. The van der Waals surface area contributed by atoms with E-state index in [2.05, 4.69) is 10.0 Å². The van der Waals surface area contributed by atoms with Crippen LogP contribution in [0.15, 0.2) is 29.4 Å². The van der Waals surface area contributed by atoms with Crippen molar-refractivity contribution in [2.24, 2.45) is 10.8 Å². The average molecular weight is 354 g/mol. The van der Waals surface area contributed by atoms with Crippen LogP contribution in [0.3, 0.4) is 0 Å². The minimum absolute atomic E-state index is 0.0740. The minimum atomic E-state index is -0.909. The first-order valence-corrected chi connectivity index (χ1v) is 8.76. The maximum Gasteiger partial charge on any atom is 0.121 e. The van der Waals surface area contributed by atoms with Crippen molar-refractivity contribution < 1.29 is 19.3 Å². The van der Waals surface area contributed by atoms with Gasteiger partial charge in [-0.25, -0.2) is 0 Å². The fourth-order valence-electron chi connectivity index (χ4n) is 2.54. The lowest BCUT2D eigenvalue weighted by Crippen LogP contribution is -2.61. The number of aliphatic hydroxyl groups excluding tert-OH is 1. The Morgan fingerprint density at radius 1 is 1.42 bits per heavy atom. The van der Waals surface area contributed by atoms with Gasteiger partial charge in [-0.15, -0.1) is 11.8 Å². The predicted molar refractivity (Wildman–Crippen MR) is 91.7 cm³/mol. The number of rotatable bonds is 7. The van der Waals surface area contributed by atoms with Crippen LogP contribution in [-0.4, -0.2) is 54.8 Å². The summed E-state index contributed by atoms with van der Waals surface area (Å²) in [5.41, 5.74) is 15.1. The first-order valence-electron chi connectivity index (χ1n) is 7.48. The van der Waals surface area contributed by atoms with Crippen LogP contribution in [0.4, 0.5) is 0 Å². The largest absolute Gasteiger partial charge is 0.497 e. The quantitative estimate of drug-likeness (QED) is 0.436. The summed E-state index contributed by atoms with van der Waals surface area (Å²) in [6, 6.07) is 6.84. The molecule has 0 radical (unpaired) electrons. The van der Waals surface area contributed by atoms with E-state index in [9.17, 15) is 5.11 Å². The average Bonchev–Trinajstić information content (AvgIpc) is 2.62. The summed E-state index contributed by atoms with van der Waals surface area (Å²) in [5, 5.41) is 14.0. The van der Waals surface area contributed by atoms with Crippen molar-refractivity contribution in [2.45, 2.75) is 36.4 Å². The van der Waals surface area contributed by atoms with Gasteiger partial charge in [-0.2, -0.15) is 0 Å². The summed E-state index contributed by atoms with van der Waals surface area (Å²) in [6.07, 6.45) is -0.281. The molecule has 2 rings (SSSR count). The Labute approximate surface area is 144 Å². The molecule has 2 unspecified atom stereocenters. The molecule has 0 aliphatic carbocycles. The Morgan fingerprint density at radius 3 is 2.71 bits per heavy atom. The highest BCUT2D eigenvalue weighted by atomic mass is 32.2. The first kappa shape index (κ1) is 18.9. The number of benzene rings is 1. The number of azide groups is 1. The van der Waals surface area contributed by atoms with Crippen LogP contribution in [0.1, 0.15) is 5.56 Å². The summed E-state index contributed by atoms with van der Waals surface area (Å²) in [5.74, 6) is 0.755. The fourth-order valence-corrected chi connectivity index (χ4v) is 3.27. The highest BCUT2D eigenvalue weighted by Crippen LogP contribution is 2.28. The van der Waals surface area contributed by atoms with Gasteiger partial charge in [0, 0.05) is 4.91 Å². The second-order valence-electron chi connectivity index (χ2n) is 5.38. The van der Waals surface area contributed by atoms with Gasteiger partial charge in [-0.3, -0.25) is 0 Å². The normalized spacial score (nSPS) is 29.8. The van der Waals surface area contributed by atoms with Crippen molar-refractivity contribution in [1.82, 2.24) is 0 Å². The molecule has 1 aliphatic heterocycles. The molecule has 24 heavy (non-hydrogen) atoms. The topological polar surface area (TPSA) is 123 Å². The SMILES string of the molecule is COc1ccc(CO[C@@H]2C(CN=[N+]=[N-])O[C@@H](SC)C(N)[C@H]2O)cc1. The second kappa shape index (κ2) is 9.12. The van der Waals surface area contributed by atoms with Crippen LogP contribution in [0.5, 0.6) is 5.75 Å². The van der Waals surface area contributed by atoms with Crippen LogP contribution in [0.2, 0.25) is 0 Å². The van der Waals surface area contributed by atoms with Crippen molar-refractivity contribution in [3.63, 3.8) is 0 Å². The van der Waals surface area contributed by atoms with Crippen LogP contribution < -0.4 is 10.5 Å². The summed E-state index contributed by atoms with van der Waals surface area (Å²) in [6.45, 7) is 0.350. The van der Waals surface area contributed by atoms with Gasteiger partial charge in [0.05, 0.1) is 32.4 Å².